The second-order valence-corrected chi connectivity index (χ2v) is 4.58. The van der Waals surface area contributed by atoms with Gasteiger partial charge in [0.25, 0.3) is 0 Å². The molecule has 0 aromatic heterocycles. The van der Waals surface area contributed by atoms with Crippen molar-refractivity contribution in [2.45, 2.75) is 44.8 Å². The number of nitrogens with zero attached hydrogens (tertiary/aromatic N) is 1. The van der Waals surface area contributed by atoms with Crippen LogP contribution >= 0.6 is 0 Å². The van der Waals surface area contributed by atoms with Crippen LogP contribution in [0.5, 0.6) is 0 Å². The van der Waals surface area contributed by atoms with Crippen LogP contribution in [0.2, 0.25) is 0 Å². The van der Waals surface area contributed by atoms with Crippen LogP contribution in [0.4, 0.5) is 13.2 Å². The Balaban J connectivity index is 2.42. The SMILES string of the molecule is CCC1CN(C(=O)CCC(F)(F)F)CCC1N. The number of amides is 1. The minimum Gasteiger partial charge on any atom is -0.342 e. The molecule has 100 valence electrons. The summed E-state index contributed by atoms with van der Waals surface area (Å²) in [5.74, 6) is -0.203. The zero-order chi connectivity index (χ0) is 13.1. The lowest BCUT2D eigenvalue weighted by atomic mass is 9.90. The van der Waals surface area contributed by atoms with Gasteiger partial charge in [-0.05, 0) is 12.3 Å². The van der Waals surface area contributed by atoms with Crippen molar-refractivity contribution in [1.29, 1.82) is 0 Å². The molecule has 3 nitrogen and oxygen atoms in total. The van der Waals surface area contributed by atoms with E-state index in [2.05, 4.69) is 0 Å². The maximum Gasteiger partial charge on any atom is 0.389 e. The Morgan fingerprint density at radius 2 is 2.12 bits per heavy atom. The quantitative estimate of drug-likeness (QED) is 0.834. The molecular weight excluding hydrogens is 233 g/mol. The maximum absolute atomic E-state index is 12.0. The third-order valence-corrected chi connectivity index (χ3v) is 3.29. The number of likely N-dealkylation sites (tertiary alicyclic amines) is 1. The van der Waals surface area contributed by atoms with Crippen LogP contribution in [0.25, 0.3) is 0 Å². The molecule has 1 aliphatic heterocycles. The fraction of sp³-hybridized carbons (Fsp3) is 0.909. The van der Waals surface area contributed by atoms with Gasteiger partial charge in [0.15, 0.2) is 0 Å². The van der Waals surface area contributed by atoms with E-state index in [1.165, 1.54) is 4.90 Å². The number of carbonyl (C=O) groups is 1. The van der Waals surface area contributed by atoms with Crippen molar-refractivity contribution in [2.24, 2.45) is 11.7 Å². The molecule has 17 heavy (non-hydrogen) atoms. The summed E-state index contributed by atoms with van der Waals surface area (Å²) in [6, 6.07) is 0.0617. The van der Waals surface area contributed by atoms with Gasteiger partial charge in [-0.1, -0.05) is 13.3 Å². The molecule has 1 fully saturated rings. The lowest BCUT2D eigenvalue weighted by Crippen LogP contribution is -2.49. The molecule has 0 radical (unpaired) electrons. The summed E-state index contributed by atoms with van der Waals surface area (Å²) in [4.78, 5) is 13.1. The highest BCUT2D eigenvalue weighted by Crippen LogP contribution is 2.24. The zero-order valence-electron chi connectivity index (χ0n) is 9.96. The Morgan fingerprint density at radius 3 is 2.65 bits per heavy atom. The van der Waals surface area contributed by atoms with E-state index < -0.39 is 24.9 Å². The standard InChI is InChI=1S/C11H19F3N2O/c1-2-8-7-16(6-4-9(8)15)10(17)3-5-11(12,13)14/h8-9H,2-7,15H2,1H3. The van der Waals surface area contributed by atoms with Gasteiger partial charge < -0.3 is 10.6 Å². The van der Waals surface area contributed by atoms with Crippen LogP contribution in [-0.2, 0) is 4.79 Å². The fourth-order valence-electron chi connectivity index (χ4n) is 2.12. The summed E-state index contributed by atoms with van der Waals surface area (Å²) in [5.41, 5.74) is 5.88. The van der Waals surface area contributed by atoms with E-state index in [9.17, 15) is 18.0 Å². The number of alkyl halides is 3. The summed E-state index contributed by atoms with van der Waals surface area (Å²) >= 11 is 0. The molecule has 0 aromatic carbocycles. The van der Waals surface area contributed by atoms with Crippen molar-refractivity contribution < 1.29 is 18.0 Å². The molecule has 0 spiro atoms. The maximum atomic E-state index is 12.0. The van der Waals surface area contributed by atoms with E-state index in [0.717, 1.165) is 6.42 Å². The molecule has 2 unspecified atom stereocenters. The van der Waals surface area contributed by atoms with E-state index in [4.69, 9.17) is 5.73 Å². The molecule has 6 heteroatoms. The van der Waals surface area contributed by atoms with Crippen LogP contribution < -0.4 is 5.73 Å². The number of rotatable bonds is 3. The zero-order valence-corrected chi connectivity index (χ0v) is 9.96. The molecule has 1 heterocycles. The Bertz CT molecular complexity index is 268. The average molecular weight is 252 g/mol. The summed E-state index contributed by atoms with van der Waals surface area (Å²) in [7, 11) is 0. The van der Waals surface area contributed by atoms with E-state index in [0.29, 0.717) is 19.5 Å². The Kier molecular flexibility index (Phi) is 4.80. The van der Waals surface area contributed by atoms with E-state index in [-0.39, 0.29) is 12.0 Å². The van der Waals surface area contributed by atoms with Gasteiger partial charge >= 0.3 is 6.18 Å². The second kappa shape index (κ2) is 5.71. The van der Waals surface area contributed by atoms with Gasteiger partial charge in [-0.2, -0.15) is 13.2 Å². The first-order valence-electron chi connectivity index (χ1n) is 5.93. The first-order valence-corrected chi connectivity index (χ1v) is 5.93. The largest absolute Gasteiger partial charge is 0.389 e. The highest BCUT2D eigenvalue weighted by molar-refractivity contribution is 5.76. The first kappa shape index (κ1) is 14.3. The molecule has 1 aliphatic rings. The number of hydrogen-bond acceptors (Lipinski definition) is 2. The van der Waals surface area contributed by atoms with E-state index >= 15 is 0 Å². The van der Waals surface area contributed by atoms with Crippen LogP contribution in [0.3, 0.4) is 0 Å². The van der Waals surface area contributed by atoms with Gasteiger partial charge in [0.2, 0.25) is 5.91 Å². The van der Waals surface area contributed by atoms with Gasteiger partial charge in [0, 0.05) is 25.6 Å². The van der Waals surface area contributed by atoms with E-state index in [1.807, 2.05) is 6.92 Å². The molecule has 1 rings (SSSR count). The van der Waals surface area contributed by atoms with E-state index in [1.54, 1.807) is 0 Å². The van der Waals surface area contributed by atoms with Gasteiger partial charge in [-0.25, -0.2) is 0 Å². The molecule has 1 amide bonds. The highest BCUT2D eigenvalue weighted by atomic mass is 19.4. The van der Waals surface area contributed by atoms with Crippen molar-refractivity contribution >= 4 is 5.91 Å². The fourth-order valence-corrected chi connectivity index (χ4v) is 2.12. The second-order valence-electron chi connectivity index (χ2n) is 4.58. The summed E-state index contributed by atoms with van der Waals surface area (Å²) in [6.45, 7) is 2.96. The minimum absolute atomic E-state index is 0.0617. The summed E-state index contributed by atoms with van der Waals surface area (Å²) in [5, 5.41) is 0. The first-order chi connectivity index (χ1) is 7.83. The predicted octanol–water partition coefficient (Wildman–Crippen LogP) is 1.91. The third-order valence-electron chi connectivity index (χ3n) is 3.29. The molecular formula is C11H19F3N2O. The molecule has 2 N–H and O–H groups in total. The lowest BCUT2D eigenvalue weighted by Gasteiger charge is -2.36. The van der Waals surface area contributed by atoms with Crippen LogP contribution in [-0.4, -0.2) is 36.1 Å². The number of piperidine rings is 1. The number of hydrogen-bond donors (Lipinski definition) is 1. The minimum atomic E-state index is -4.26. The molecule has 2 atom stereocenters. The molecule has 0 aromatic rings. The van der Waals surface area contributed by atoms with Crippen molar-refractivity contribution in [3.8, 4) is 0 Å². The molecule has 0 bridgehead atoms. The summed E-state index contributed by atoms with van der Waals surface area (Å²) < 4.78 is 36.0. The monoisotopic (exact) mass is 252 g/mol. The molecule has 0 saturated carbocycles. The topological polar surface area (TPSA) is 46.3 Å². The summed E-state index contributed by atoms with van der Waals surface area (Å²) in [6.07, 6.45) is -4.22. The number of carbonyl (C=O) groups excluding carboxylic acids is 1. The number of nitrogens with two attached hydrogens (primary N) is 1. The van der Waals surface area contributed by atoms with Gasteiger partial charge in [0.1, 0.15) is 0 Å². The lowest BCUT2D eigenvalue weighted by molar-refractivity contribution is -0.150. The van der Waals surface area contributed by atoms with Gasteiger partial charge in [-0.15, -0.1) is 0 Å². The van der Waals surface area contributed by atoms with Crippen molar-refractivity contribution in [3.63, 3.8) is 0 Å². The molecule has 1 saturated heterocycles. The highest BCUT2D eigenvalue weighted by Gasteiger charge is 2.32. The molecule has 0 aliphatic carbocycles. The smallest absolute Gasteiger partial charge is 0.342 e. The third kappa shape index (κ3) is 4.53. The van der Waals surface area contributed by atoms with Crippen molar-refractivity contribution in [2.75, 3.05) is 13.1 Å². The Labute approximate surface area is 99.1 Å². The van der Waals surface area contributed by atoms with Crippen molar-refractivity contribution in [1.82, 2.24) is 4.90 Å². The normalized spacial score (nSPS) is 26.1. The Hall–Kier alpha value is -0.780. The van der Waals surface area contributed by atoms with Crippen LogP contribution in [0.15, 0.2) is 0 Å². The predicted molar refractivity (Wildman–Crippen MR) is 58.2 cm³/mol. The van der Waals surface area contributed by atoms with Crippen LogP contribution in [0, 0.1) is 5.92 Å². The average Bonchev–Trinajstić information content (AvgIpc) is 2.25. The van der Waals surface area contributed by atoms with Crippen molar-refractivity contribution in [3.05, 3.63) is 0 Å². The van der Waals surface area contributed by atoms with Gasteiger partial charge in [0.05, 0.1) is 6.42 Å². The van der Waals surface area contributed by atoms with Crippen LogP contribution in [0.1, 0.15) is 32.6 Å². The number of halogens is 3. The Morgan fingerprint density at radius 1 is 1.47 bits per heavy atom. The van der Waals surface area contributed by atoms with Gasteiger partial charge in [-0.3, -0.25) is 4.79 Å².